The number of rotatable bonds is 1. The molecule has 2 aromatic rings. The number of hydrogen-bond donors (Lipinski definition) is 0. The molecule has 0 aliphatic carbocycles. The van der Waals surface area contributed by atoms with Gasteiger partial charge >= 0.3 is 6.09 Å². The molecule has 0 radical (unpaired) electrons. The average Bonchev–Trinajstić information content (AvgIpc) is 2.93. The number of fused-ring (bicyclic) bond motifs is 1. The lowest BCUT2D eigenvalue weighted by atomic mass is 10.2. The third kappa shape index (κ3) is 3.67. The number of aromatic nitrogens is 2. The van der Waals surface area contributed by atoms with Crippen molar-refractivity contribution in [2.75, 3.05) is 31.1 Å². The van der Waals surface area contributed by atoms with Gasteiger partial charge in [0.05, 0.1) is 5.39 Å². The summed E-state index contributed by atoms with van der Waals surface area (Å²) in [5, 5.41) is 3.24. The zero-order valence-corrected chi connectivity index (χ0v) is 14.9. The van der Waals surface area contributed by atoms with Gasteiger partial charge in [0.25, 0.3) is 0 Å². The summed E-state index contributed by atoms with van der Waals surface area (Å²) in [5.74, 6) is 0.838. The molecule has 0 aromatic carbocycles. The molecule has 8 heteroatoms. The molecule has 0 unspecified atom stereocenters. The molecule has 124 valence electrons. The molecule has 1 saturated heterocycles. The highest BCUT2D eigenvalue weighted by Gasteiger charge is 2.27. The predicted molar refractivity (Wildman–Crippen MR) is 92.4 cm³/mol. The molecule has 0 bridgehead atoms. The molecule has 0 saturated carbocycles. The number of ether oxygens (including phenoxy) is 1. The van der Waals surface area contributed by atoms with Crippen LogP contribution in [0.1, 0.15) is 20.8 Å². The topological polar surface area (TPSA) is 58.6 Å². The molecule has 0 N–H and O–H groups in total. The molecule has 3 heterocycles. The van der Waals surface area contributed by atoms with Crippen molar-refractivity contribution in [1.29, 1.82) is 0 Å². The summed E-state index contributed by atoms with van der Waals surface area (Å²) >= 11 is 7.57. The second-order valence-corrected chi connectivity index (χ2v) is 7.64. The number of halogens is 1. The number of hydrogen-bond acceptors (Lipinski definition) is 6. The van der Waals surface area contributed by atoms with Crippen LogP contribution in [0.4, 0.5) is 10.6 Å². The van der Waals surface area contributed by atoms with Crippen LogP contribution in [0.15, 0.2) is 11.4 Å². The van der Waals surface area contributed by atoms with E-state index in [9.17, 15) is 4.79 Å². The Morgan fingerprint density at radius 3 is 2.61 bits per heavy atom. The van der Waals surface area contributed by atoms with Crippen LogP contribution >= 0.6 is 22.9 Å². The lowest BCUT2D eigenvalue weighted by Crippen LogP contribution is -2.50. The molecule has 1 aliphatic rings. The molecule has 0 spiro atoms. The van der Waals surface area contributed by atoms with Crippen LogP contribution in [-0.4, -0.2) is 52.7 Å². The largest absolute Gasteiger partial charge is 0.444 e. The first-order chi connectivity index (χ1) is 10.8. The second-order valence-electron chi connectivity index (χ2n) is 6.41. The van der Waals surface area contributed by atoms with E-state index in [1.807, 2.05) is 32.2 Å². The smallest absolute Gasteiger partial charge is 0.410 e. The maximum atomic E-state index is 12.1. The maximum Gasteiger partial charge on any atom is 0.410 e. The highest BCUT2D eigenvalue weighted by Crippen LogP contribution is 2.29. The second kappa shape index (κ2) is 6.13. The number of nitrogens with zero attached hydrogens (tertiary/aromatic N) is 4. The highest BCUT2D eigenvalue weighted by atomic mass is 35.5. The predicted octanol–water partition coefficient (Wildman–Crippen LogP) is 3.40. The minimum absolute atomic E-state index is 0.254. The Kier molecular flexibility index (Phi) is 4.33. The minimum atomic E-state index is -0.475. The highest BCUT2D eigenvalue weighted by molar-refractivity contribution is 7.16. The summed E-state index contributed by atoms with van der Waals surface area (Å²) < 4.78 is 5.42. The van der Waals surface area contributed by atoms with Crippen molar-refractivity contribution in [1.82, 2.24) is 14.9 Å². The van der Waals surface area contributed by atoms with Gasteiger partial charge in [-0.2, -0.15) is 4.98 Å². The Hall–Kier alpha value is -1.60. The van der Waals surface area contributed by atoms with Crippen molar-refractivity contribution in [2.24, 2.45) is 0 Å². The van der Waals surface area contributed by atoms with Gasteiger partial charge in [-0.1, -0.05) is 0 Å². The van der Waals surface area contributed by atoms with E-state index in [2.05, 4.69) is 14.9 Å². The standard InChI is InChI=1S/C15H19ClN4O2S/c1-15(2,3)22-14(21)20-7-5-19(6-8-20)11-10-4-9-23-12(10)18-13(16)17-11/h4,9H,5-8H2,1-3H3. The number of piperazine rings is 1. The van der Waals surface area contributed by atoms with E-state index >= 15 is 0 Å². The Balaban J connectivity index is 1.71. The van der Waals surface area contributed by atoms with E-state index in [1.54, 1.807) is 16.2 Å². The third-order valence-corrected chi connectivity index (χ3v) is 4.48. The fourth-order valence-corrected chi connectivity index (χ4v) is 3.46. The van der Waals surface area contributed by atoms with Crippen molar-refractivity contribution < 1.29 is 9.53 Å². The van der Waals surface area contributed by atoms with Crippen LogP contribution in [0.2, 0.25) is 5.28 Å². The SMILES string of the molecule is CC(C)(C)OC(=O)N1CCN(c2nc(Cl)nc3sccc23)CC1. The Morgan fingerprint density at radius 2 is 1.96 bits per heavy atom. The summed E-state index contributed by atoms with van der Waals surface area (Å²) in [6, 6.07) is 2.01. The number of anilines is 1. The number of carbonyl (C=O) groups excluding carboxylic acids is 1. The minimum Gasteiger partial charge on any atom is -0.444 e. The molecule has 23 heavy (non-hydrogen) atoms. The Labute approximate surface area is 144 Å². The van der Waals surface area contributed by atoms with E-state index in [1.165, 1.54) is 0 Å². The monoisotopic (exact) mass is 354 g/mol. The van der Waals surface area contributed by atoms with Crippen LogP contribution in [0, 0.1) is 0 Å². The number of carbonyl (C=O) groups is 1. The summed E-state index contributed by atoms with van der Waals surface area (Å²) in [5.41, 5.74) is -0.475. The van der Waals surface area contributed by atoms with E-state index < -0.39 is 5.60 Å². The fraction of sp³-hybridized carbons (Fsp3) is 0.533. The van der Waals surface area contributed by atoms with Gasteiger partial charge in [0.1, 0.15) is 16.2 Å². The molecule has 1 aliphatic heterocycles. The Bertz CT molecular complexity index is 720. The zero-order valence-electron chi connectivity index (χ0n) is 13.4. The molecule has 2 aromatic heterocycles. The van der Waals surface area contributed by atoms with Crippen molar-refractivity contribution in [2.45, 2.75) is 26.4 Å². The summed E-state index contributed by atoms with van der Waals surface area (Å²) in [6.45, 7) is 8.20. The van der Waals surface area contributed by atoms with E-state index in [4.69, 9.17) is 16.3 Å². The van der Waals surface area contributed by atoms with Gasteiger partial charge in [0, 0.05) is 26.2 Å². The van der Waals surface area contributed by atoms with Crippen molar-refractivity contribution in [3.05, 3.63) is 16.7 Å². The van der Waals surface area contributed by atoms with Crippen molar-refractivity contribution in [3.8, 4) is 0 Å². The summed E-state index contributed by atoms with van der Waals surface area (Å²) in [7, 11) is 0. The molecule has 1 fully saturated rings. The van der Waals surface area contributed by atoms with Crippen LogP contribution in [-0.2, 0) is 4.74 Å². The zero-order chi connectivity index (χ0) is 16.6. The quantitative estimate of drug-likeness (QED) is 0.734. The van der Waals surface area contributed by atoms with Crippen LogP contribution in [0.3, 0.4) is 0 Å². The third-order valence-electron chi connectivity index (χ3n) is 3.51. The van der Waals surface area contributed by atoms with E-state index in [0.29, 0.717) is 26.2 Å². The van der Waals surface area contributed by atoms with Gasteiger partial charge in [-0.05, 0) is 43.8 Å². The van der Waals surface area contributed by atoms with Crippen molar-refractivity contribution in [3.63, 3.8) is 0 Å². The lowest BCUT2D eigenvalue weighted by molar-refractivity contribution is 0.0240. The molecule has 6 nitrogen and oxygen atoms in total. The summed E-state index contributed by atoms with van der Waals surface area (Å²) in [4.78, 5) is 25.5. The summed E-state index contributed by atoms with van der Waals surface area (Å²) in [6.07, 6.45) is -0.265. The lowest BCUT2D eigenvalue weighted by Gasteiger charge is -2.36. The van der Waals surface area contributed by atoms with Gasteiger partial charge in [-0.3, -0.25) is 0 Å². The van der Waals surface area contributed by atoms with Gasteiger partial charge in [-0.15, -0.1) is 11.3 Å². The van der Waals surface area contributed by atoms with E-state index in [-0.39, 0.29) is 11.4 Å². The van der Waals surface area contributed by atoms with Gasteiger partial charge in [0.15, 0.2) is 0 Å². The first kappa shape index (κ1) is 16.3. The average molecular weight is 355 g/mol. The van der Waals surface area contributed by atoms with Gasteiger partial charge in [0.2, 0.25) is 5.28 Å². The Morgan fingerprint density at radius 1 is 1.26 bits per heavy atom. The van der Waals surface area contributed by atoms with E-state index in [0.717, 1.165) is 16.0 Å². The van der Waals surface area contributed by atoms with Crippen molar-refractivity contribution >= 4 is 45.1 Å². The molecular formula is C15H19ClN4O2S. The molecule has 3 rings (SSSR count). The van der Waals surface area contributed by atoms with Crippen LogP contribution < -0.4 is 4.90 Å². The maximum absolute atomic E-state index is 12.1. The number of amides is 1. The molecule has 0 atom stereocenters. The van der Waals surface area contributed by atoms with Crippen LogP contribution in [0.25, 0.3) is 10.2 Å². The normalized spacial score (nSPS) is 16.0. The fourth-order valence-electron chi connectivity index (χ4n) is 2.48. The van der Waals surface area contributed by atoms with Gasteiger partial charge < -0.3 is 14.5 Å². The number of thiophene rings is 1. The molecular weight excluding hydrogens is 336 g/mol. The molecule has 1 amide bonds. The van der Waals surface area contributed by atoms with Gasteiger partial charge in [-0.25, -0.2) is 9.78 Å². The van der Waals surface area contributed by atoms with Crippen LogP contribution in [0.5, 0.6) is 0 Å². The first-order valence-corrected chi connectivity index (χ1v) is 8.73. The first-order valence-electron chi connectivity index (χ1n) is 7.47.